The minimum absolute atomic E-state index is 0.274. The summed E-state index contributed by atoms with van der Waals surface area (Å²) in [5, 5.41) is 8.65. The van der Waals surface area contributed by atoms with Crippen molar-refractivity contribution in [3.63, 3.8) is 0 Å². The van der Waals surface area contributed by atoms with Gasteiger partial charge in [-0.15, -0.1) is 6.58 Å². The van der Waals surface area contributed by atoms with Crippen LogP contribution in [-0.4, -0.2) is 23.3 Å². The molecule has 0 radical (unpaired) electrons. The van der Waals surface area contributed by atoms with Gasteiger partial charge in [0.2, 0.25) is 0 Å². The summed E-state index contributed by atoms with van der Waals surface area (Å²) in [6, 6.07) is 0. The Balaban J connectivity index is 1.66. The van der Waals surface area contributed by atoms with Gasteiger partial charge in [0.15, 0.2) is 0 Å². The van der Waals surface area contributed by atoms with Gasteiger partial charge in [-0.25, -0.2) is 0 Å². The van der Waals surface area contributed by atoms with Crippen LogP contribution in [-0.2, 0) is 9.53 Å². The fraction of sp³-hybridized carbons (Fsp3) is 0.762. The molecule has 2 aliphatic heterocycles. The van der Waals surface area contributed by atoms with Crippen molar-refractivity contribution in [1.29, 1.82) is 0 Å². The summed E-state index contributed by atoms with van der Waals surface area (Å²) < 4.78 is 6.18. The van der Waals surface area contributed by atoms with E-state index in [1.54, 1.807) is 0 Å². The molecule has 2 bridgehead atoms. The summed E-state index contributed by atoms with van der Waals surface area (Å²) in [6.07, 6.45) is 20.6. The molecular formula is C21H34O3. The highest BCUT2D eigenvalue weighted by Crippen LogP contribution is 2.47. The molecule has 2 saturated heterocycles. The fourth-order valence-corrected chi connectivity index (χ4v) is 4.36. The normalized spacial score (nSPS) is 28.7. The fourth-order valence-electron chi connectivity index (χ4n) is 4.36. The molecule has 2 fully saturated rings. The van der Waals surface area contributed by atoms with E-state index in [0.717, 1.165) is 31.6 Å². The number of carboxylic acid groups (broad SMARTS) is 1. The van der Waals surface area contributed by atoms with Gasteiger partial charge in [-0.05, 0) is 63.2 Å². The second-order valence-corrected chi connectivity index (χ2v) is 7.39. The maximum atomic E-state index is 10.5. The van der Waals surface area contributed by atoms with Crippen molar-refractivity contribution in [1.82, 2.24) is 0 Å². The van der Waals surface area contributed by atoms with Crippen molar-refractivity contribution in [2.24, 2.45) is 11.8 Å². The molecule has 2 rings (SSSR count). The van der Waals surface area contributed by atoms with Crippen LogP contribution in [0, 0.1) is 11.8 Å². The first-order chi connectivity index (χ1) is 11.7. The summed E-state index contributed by atoms with van der Waals surface area (Å²) in [5.41, 5.74) is 0. The molecule has 2 aliphatic rings. The van der Waals surface area contributed by atoms with Crippen LogP contribution < -0.4 is 0 Å². The molecule has 3 heteroatoms. The zero-order valence-corrected chi connectivity index (χ0v) is 15.0. The lowest BCUT2D eigenvalue weighted by Crippen LogP contribution is -2.26. The minimum atomic E-state index is -0.696. The summed E-state index contributed by atoms with van der Waals surface area (Å²) in [7, 11) is 0. The Morgan fingerprint density at radius 3 is 2.50 bits per heavy atom. The Morgan fingerprint density at radius 2 is 1.75 bits per heavy atom. The molecule has 2 heterocycles. The molecule has 0 spiro atoms. The Bertz CT molecular complexity index is 415. The van der Waals surface area contributed by atoms with Gasteiger partial charge in [-0.3, -0.25) is 4.79 Å². The monoisotopic (exact) mass is 334 g/mol. The molecule has 0 aromatic heterocycles. The second-order valence-electron chi connectivity index (χ2n) is 7.39. The van der Waals surface area contributed by atoms with Crippen molar-refractivity contribution in [3.8, 4) is 0 Å². The molecule has 0 amide bonds. The van der Waals surface area contributed by atoms with E-state index in [1.165, 1.54) is 44.9 Å². The number of ether oxygens (including phenoxy) is 1. The van der Waals surface area contributed by atoms with Crippen molar-refractivity contribution < 1.29 is 14.6 Å². The Labute approximate surface area is 147 Å². The number of rotatable bonds is 13. The summed E-state index contributed by atoms with van der Waals surface area (Å²) in [4.78, 5) is 10.5. The van der Waals surface area contributed by atoms with Gasteiger partial charge in [0.25, 0.3) is 0 Å². The third-order valence-electron chi connectivity index (χ3n) is 5.62. The number of carbonyl (C=O) groups is 1. The van der Waals surface area contributed by atoms with Crippen LogP contribution in [0.1, 0.15) is 77.0 Å². The van der Waals surface area contributed by atoms with Crippen LogP contribution in [0.3, 0.4) is 0 Å². The predicted octanol–water partition coefficient (Wildman–Crippen LogP) is 5.51. The van der Waals surface area contributed by atoms with E-state index in [1.807, 2.05) is 6.08 Å². The van der Waals surface area contributed by atoms with Gasteiger partial charge in [0.1, 0.15) is 0 Å². The molecule has 0 saturated carbocycles. The number of fused-ring (bicyclic) bond motifs is 2. The van der Waals surface area contributed by atoms with Crippen molar-refractivity contribution in [2.45, 2.75) is 89.3 Å². The van der Waals surface area contributed by atoms with Crippen LogP contribution in [0.5, 0.6) is 0 Å². The number of carboxylic acids is 1. The van der Waals surface area contributed by atoms with Gasteiger partial charge in [0.05, 0.1) is 12.2 Å². The van der Waals surface area contributed by atoms with E-state index in [-0.39, 0.29) is 6.42 Å². The molecule has 136 valence electrons. The Morgan fingerprint density at radius 1 is 1.00 bits per heavy atom. The highest BCUT2D eigenvalue weighted by molar-refractivity contribution is 5.66. The van der Waals surface area contributed by atoms with E-state index in [2.05, 4.69) is 18.7 Å². The average Bonchev–Trinajstić information content (AvgIpc) is 3.15. The number of hydrogen-bond acceptors (Lipinski definition) is 2. The molecule has 4 atom stereocenters. The molecule has 0 unspecified atom stereocenters. The van der Waals surface area contributed by atoms with Crippen LogP contribution in [0.4, 0.5) is 0 Å². The lowest BCUT2D eigenvalue weighted by atomic mass is 9.75. The summed E-state index contributed by atoms with van der Waals surface area (Å²) in [5.74, 6) is 0.734. The number of unbranched alkanes of at least 4 members (excludes halogenated alkanes) is 5. The van der Waals surface area contributed by atoms with E-state index in [4.69, 9.17) is 9.84 Å². The lowest BCUT2D eigenvalue weighted by Gasteiger charge is -2.27. The Kier molecular flexibility index (Phi) is 8.58. The SMILES string of the molecule is C=CCCCCCC[C@@H]1[C@H](C/C=C\CCCC(=O)O)[C@@H]2CC[C@H]1O2. The maximum Gasteiger partial charge on any atom is 0.303 e. The predicted molar refractivity (Wildman–Crippen MR) is 98.0 cm³/mol. The maximum absolute atomic E-state index is 10.5. The third kappa shape index (κ3) is 6.08. The zero-order valence-electron chi connectivity index (χ0n) is 15.0. The molecule has 3 nitrogen and oxygen atoms in total. The van der Waals surface area contributed by atoms with Crippen LogP contribution in [0.25, 0.3) is 0 Å². The number of hydrogen-bond donors (Lipinski definition) is 1. The molecule has 1 N–H and O–H groups in total. The highest BCUT2D eigenvalue weighted by atomic mass is 16.5. The van der Waals surface area contributed by atoms with Crippen LogP contribution in [0.15, 0.2) is 24.8 Å². The topological polar surface area (TPSA) is 46.5 Å². The average molecular weight is 335 g/mol. The highest BCUT2D eigenvalue weighted by Gasteiger charge is 2.47. The Hall–Kier alpha value is -1.09. The second kappa shape index (κ2) is 10.7. The van der Waals surface area contributed by atoms with Gasteiger partial charge in [-0.1, -0.05) is 37.5 Å². The number of allylic oxidation sites excluding steroid dienone is 3. The summed E-state index contributed by atoms with van der Waals surface area (Å²) in [6.45, 7) is 3.78. The van der Waals surface area contributed by atoms with Crippen LogP contribution in [0.2, 0.25) is 0 Å². The van der Waals surface area contributed by atoms with Gasteiger partial charge < -0.3 is 9.84 Å². The molecule has 0 aliphatic carbocycles. The van der Waals surface area contributed by atoms with Crippen molar-refractivity contribution >= 4 is 5.97 Å². The van der Waals surface area contributed by atoms with Crippen molar-refractivity contribution in [3.05, 3.63) is 24.8 Å². The lowest BCUT2D eigenvalue weighted by molar-refractivity contribution is -0.137. The first-order valence-corrected chi connectivity index (χ1v) is 9.85. The largest absolute Gasteiger partial charge is 0.481 e. The first-order valence-electron chi connectivity index (χ1n) is 9.85. The van der Waals surface area contributed by atoms with E-state index >= 15 is 0 Å². The van der Waals surface area contributed by atoms with E-state index < -0.39 is 5.97 Å². The first kappa shape index (κ1) is 19.2. The molecule has 0 aromatic rings. The standard InChI is InChI=1S/C21H34O3/c1-2-3-4-5-6-9-12-17-18(20-16-15-19(17)24-20)13-10-7-8-11-14-21(22)23/h2,7,10,17-20H,1,3-6,8-9,11-16H2,(H,22,23)/b10-7-/t17-,18+,19-,20+/m1/s1. The smallest absolute Gasteiger partial charge is 0.303 e. The zero-order chi connectivity index (χ0) is 17.2. The van der Waals surface area contributed by atoms with E-state index in [0.29, 0.717) is 18.1 Å². The minimum Gasteiger partial charge on any atom is -0.481 e. The van der Waals surface area contributed by atoms with Gasteiger partial charge in [0, 0.05) is 6.42 Å². The third-order valence-corrected chi connectivity index (χ3v) is 5.62. The quantitative estimate of drug-likeness (QED) is 0.357. The molecule has 24 heavy (non-hydrogen) atoms. The molecular weight excluding hydrogens is 300 g/mol. The van der Waals surface area contributed by atoms with Gasteiger partial charge >= 0.3 is 5.97 Å². The van der Waals surface area contributed by atoms with Crippen molar-refractivity contribution in [2.75, 3.05) is 0 Å². The van der Waals surface area contributed by atoms with Crippen LogP contribution >= 0.6 is 0 Å². The number of aliphatic carboxylic acids is 1. The molecule has 0 aromatic carbocycles. The van der Waals surface area contributed by atoms with Gasteiger partial charge in [-0.2, -0.15) is 0 Å². The summed E-state index contributed by atoms with van der Waals surface area (Å²) >= 11 is 0. The van der Waals surface area contributed by atoms with E-state index in [9.17, 15) is 4.79 Å².